The summed E-state index contributed by atoms with van der Waals surface area (Å²) in [6, 6.07) is 25.3. The number of sulfonamides is 1. The Balaban J connectivity index is 1.40. The molecule has 3 aromatic carbocycles. The van der Waals surface area contributed by atoms with E-state index in [2.05, 4.69) is 60.1 Å². The van der Waals surface area contributed by atoms with Gasteiger partial charge in [-0.2, -0.15) is 5.10 Å². The smallest absolute Gasteiger partial charge is 0.262 e. The number of aryl methyl sites for hydroxylation is 2. The lowest BCUT2D eigenvalue weighted by molar-refractivity contribution is 0.306. The fraction of sp³-hybridized carbons (Fsp3) is 0.250. The van der Waals surface area contributed by atoms with Crippen LogP contribution in [0.5, 0.6) is 5.75 Å². The summed E-state index contributed by atoms with van der Waals surface area (Å²) in [5.74, 6) is 0.763. The van der Waals surface area contributed by atoms with E-state index in [0.717, 1.165) is 17.0 Å². The summed E-state index contributed by atoms with van der Waals surface area (Å²) in [5, 5.41) is 4.26. The molecule has 1 N–H and O–H groups in total. The van der Waals surface area contributed by atoms with Crippen LogP contribution in [0.4, 0.5) is 5.69 Å². The molecule has 7 heteroatoms. The molecule has 0 aliphatic carbocycles. The van der Waals surface area contributed by atoms with Gasteiger partial charge >= 0.3 is 0 Å². The third-order valence-electron chi connectivity index (χ3n) is 6.46. The number of nitrogens with one attached hydrogen (secondary N) is 1. The summed E-state index contributed by atoms with van der Waals surface area (Å²) >= 11 is 0. The zero-order valence-electron chi connectivity index (χ0n) is 20.7. The van der Waals surface area contributed by atoms with Gasteiger partial charge in [0.2, 0.25) is 0 Å². The highest BCUT2D eigenvalue weighted by atomic mass is 32.2. The molecule has 0 bridgehead atoms. The average Bonchev–Trinajstić information content (AvgIpc) is 3.09. The van der Waals surface area contributed by atoms with Gasteiger partial charge in [-0.15, -0.1) is 0 Å². The Morgan fingerprint density at radius 1 is 0.886 bits per heavy atom. The first-order valence-electron chi connectivity index (χ1n) is 11.5. The monoisotopic (exact) mass is 489 g/mol. The largest absolute Gasteiger partial charge is 0.489 e. The van der Waals surface area contributed by atoms with E-state index in [1.54, 1.807) is 42.9 Å². The maximum absolute atomic E-state index is 12.8. The van der Waals surface area contributed by atoms with Gasteiger partial charge in [0.1, 0.15) is 12.4 Å². The highest BCUT2D eigenvalue weighted by Gasteiger charge is 2.23. The van der Waals surface area contributed by atoms with Crippen LogP contribution in [0.1, 0.15) is 41.9 Å². The van der Waals surface area contributed by atoms with Crippen molar-refractivity contribution in [3.63, 3.8) is 0 Å². The first-order chi connectivity index (χ1) is 16.6. The molecule has 4 aromatic rings. The predicted octanol–water partition coefficient (Wildman–Crippen LogP) is 5.74. The van der Waals surface area contributed by atoms with Crippen molar-refractivity contribution in [3.05, 3.63) is 107 Å². The van der Waals surface area contributed by atoms with Gasteiger partial charge in [-0.1, -0.05) is 68.4 Å². The van der Waals surface area contributed by atoms with Gasteiger partial charge in [0.25, 0.3) is 10.0 Å². The van der Waals surface area contributed by atoms with Crippen LogP contribution in [0.15, 0.2) is 83.8 Å². The quantitative estimate of drug-likeness (QED) is 0.342. The fourth-order valence-electron chi connectivity index (χ4n) is 4.04. The van der Waals surface area contributed by atoms with Crippen LogP contribution < -0.4 is 9.46 Å². The first-order valence-corrected chi connectivity index (χ1v) is 13.0. The van der Waals surface area contributed by atoms with Crippen molar-refractivity contribution in [2.24, 2.45) is 7.05 Å². The molecular weight excluding hydrogens is 458 g/mol. The van der Waals surface area contributed by atoms with Gasteiger partial charge in [-0.25, -0.2) is 8.42 Å². The molecule has 0 saturated heterocycles. The summed E-state index contributed by atoms with van der Waals surface area (Å²) in [6.07, 6.45) is 0. The van der Waals surface area contributed by atoms with Crippen LogP contribution in [-0.4, -0.2) is 18.2 Å². The van der Waals surface area contributed by atoms with Gasteiger partial charge in [-0.05, 0) is 54.8 Å². The summed E-state index contributed by atoms with van der Waals surface area (Å²) in [4.78, 5) is 0.191. The number of hydrogen-bond acceptors (Lipinski definition) is 4. The summed E-state index contributed by atoms with van der Waals surface area (Å²) in [6.45, 7) is 8.36. The van der Waals surface area contributed by atoms with Crippen molar-refractivity contribution < 1.29 is 13.2 Å². The van der Waals surface area contributed by atoms with Crippen LogP contribution in [0, 0.1) is 13.8 Å². The minimum absolute atomic E-state index is 0.109. The van der Waals surface area contributed by atoms with E-state index in [9.17, 15) is 8.42 Å². The van der Waals surface area contributed by atoms with E-state index >= 15 is 0 Å². The van der Waals surface area contributed by atoms with Gasteiger partial charge < -0.3 is 4.74 Å². The Morgan fingerprint density at radius 2 is 1.49 bits per heavy atom. The van der Waals surface area contributed by atoms with Crippen molar-refractivity contribution >= 4 is 15.7 Å². The summed E-state index contributed by atoms with van der Waals surface area (Å²) in [7, 11) is -1.93. The molecule has 0 unspecified atom stereocenters. The molecule has 0 aliphatic heterocycles. The molecule has 35 heavy (non-hydrogen) atoms. The average molecular weight is 490 g/mol. The Labute approximate surface area is 207 Å². The van der Waals surface area contributed by atoms with Crippen molar-refractivity contribution in [1.29, 1.82) is 0 Å². The van der Waals surface area contributed by atoms with E-state index in [1.807, 2.05) is 25.1 Å². The van der Waals surface area contributed by atoms with Crippen LogP contribution in [0.2, 0.25) is 0 Å². The Kier molecular flexibility index (Phi) is 6.72. The highest BCUT2D eigenvalue weighted by Crippen LogP contribution is 2.32. The number of benzene rings is 3. The molecule has 0 radical (unpaired) electrons. The predicted molar refractivity (Wildman–Crippen MR) is 139 cm³/mol. The number of aromatic nitrogens is 2. The maximum atomic E-state index is 12.8. The fourth-order valence-corrected chi connectivity index (χ4v) is 5.21. The van der Waals surface area contributed by atoms with E-state index in [4.69, 9.17) is 4.74 Å². The molecule has 0 atom stereocenters. The number of rotatable bonds is 8. The second kappa shape index (κ2) is 9.58. The van der Waals surface area contributed by atoms with E-state index in [0.29, 0.717) is 18.0 Å². The first kappa shape index (κ1) is 24.5. The molecule has 4 rings (SSSR count). The van der Waals surface area contributed by atoms with E-state index < -0.39 is 10.0 Å². The molecule has 182 valence electrons. The molecule has 1 heterocycles. The minimum Gasteiger partial charge on any atom is -0.489 e. The maximum Gasteiger partial charge on any atom is 0.262 e. The van der Waals surface area contributed by atoms with Crippen molar-refractivity contribution in [3.8, 4) is 5.75 Å². The third kappa shape index (κ3) is 5.25. The Hall–Kier alpha value is -3.58. The zero-order chi connectivity index (χ0) is 25.2. The minimum atomic E-state index is -3.71. The van der Waals surface area contributed by atoms with Crippen LogP contribution in [0.3, 0.4) is 0 Å². The number of hydrogen-bond donors (Lipinski definition) is 1. The molecule has 0 amide bonds. The molecule has 6 nitrogen and oxygen atoms in total. The standard InChI is InChI=1S/C28H31N3O3S/c1-20-27(21(2)31(5)29-20)30-35(32,33)26-17-11-22(12-18-26)19-34-25-15-13-24(14-16-25)28(3,4)23-9-7-6-8-10-23/h6-18,30H,19H2,1-5H3. The normalized spacial score (nSPS) is 11.9. The van der Waals surface area contributed by atoms with Crippen LogP contribution in [-0.2, 0) is 29.1 Å². The van der Waals surface area contributed by atoms with Gasteiger partial charge in [-0.3, -0.25) is 9.40 Å². The van der Waals surface area contributed by atoms with Crippen molar-refractivity contribution in [2.75, 3.05) is 4.72 Å². The van der Waals surface area contributed by atoms with E-state index in [-0.39, 0.29) is 10.3 Å². The second-order valence-electron chi connectivity index (χ2n) is 9.22. The van der Waals surface area contributed by atoms with Crippen LogP contribution in [0.25, 0.3) is 0 Å². The van der Waals surface area contributed by atoms with Crippen LogP contribution >= 0.6 is 0 Å². The number of ether oxygens (including phenoxy) is 1. The summed E-state index contributed by atoms with van der Waals surface area (Å²) in [5.41, 5.74) is 5.14. The Bertz CT molecular complexity index is 1410. The van der Waals surface area contributed by atoms with Crippen molar-refractivity contribution in [1.82, 2.24) is 9.78 Å². The van der Waals surface area contributed by atoms with Crippen molar-refractivity contribution in [2.45, 2.75) is 44.6 Å². The molecular formula is C28H31N3O3S. The molecule has 0 fully saturated rings. The van der Waals surface area contributed by atoms with Gasteiger partial charge in [0.05, 0.1) is 22.0 Å². The topological polar surface area (TPSA) is 73.2 Å². The number of nitrogens with zero attached hydrogens (tertiary/aromatic N) is 2. The molecule has 0 spiro atoms. The van der Waals surface area contributed by atoms with Gasteiger partial charge in [0, 0.05) is 12.5 Å². The van der Waals surface area contributed by atoms with Gasteiger partial charge in [0.15, 0.2) is 0 Å². The highest BCUT2D eigenvalue weighted by molar-refractivity contribution is 7.92. The van der Waals surface area contributed by atoms with E-state index in [1.165, 1.54) is 11.1 Å². The molecule has 1 aromatic heterocycles. The lowest BCUT2D eigenvalue weighted by Crippen LogP contribution is -2.18. The SMILES string of the molecule is Cc1nn(C)c(C)c1NS(=O)(=O)c1ccc(COc2ccc(C(C)(C)c3ccccc3)cc2)cc1. The molecule has 0 aliphatic rings. The second-order valence-corrected chi connectivity index (χ2v) is 10.9. The Morgan fingerprint density at radius 3 is 2.06 bits per heavy atom. The molecule has 0 saturated carbocycles. The zero-order valence-corrected chi connectivity index (χ0v) is 21.6. The number of anilines is 1. The summed E-state index contributed by atoms with van der Waals surface area (Å²) < 4.78 is 35.9. The lowest BCUT2D eigenvalue weighted by Gasteiger charge is -2.26. The third-order valence-corrected chi connectivity index (χ3v) is 7.82. The lowest BCUT2D eigenvalue weighted by atomic mass is 9.78.